The van der Waals surface area contributed by atoms with Gasteiger partial charge >= 0.3 is 5.97 Å². The molecule has 0 spiro atoms. The zero-order valence-corrected chi connectivity index (χ0v) is 11.3. The van der Waals surface area contributed by atoms with Gasteiger partial charge in [-0.1, -0.05) is 0 Å². The fraction of sp³-hybridized carbons (Fsp3) is 0.462. The van der Waals surface area contributed by atoms with E-state index in [1.54, 1.807) is 20.8 Å². The average molecular weight is 251 g/mol. The van der Waals surface area contributed by atoms with E-state index in [0.717, 1.165) is 0 Å². The van der Waals surface area contributed by atoms with Crippen LogP contribution >= 0.6 is 0 Å². The van der Waals surface area contributed by atoms with E-state index in [9.17, 15) is 14.4 Å². The number of hydrogen-bond donors (Lipinski definition) is 0. The summed E-state index contributed by atoms with van der Waals surface area (Å²) in [6.07, 6.45) is 0. The van der Waals surface area contributed by atoms with Crippen LogP contribution in [-0.4, -0.2) is 22.9 Å². The van der Waals surface area contributed by atoms with E-state index < -0.39 is 5.97 Å². The molecular weight excluding hydrogens is 234 g/mol. The second-order valence-electron chi connectivity index (χ2n) is 4.10. The Morgan fingerprint density at radius 1 is 1.22 bits per heavy atom. The number of carbonyl (C=O) groups is 2. The van der Waals surface area contributed by atoms with Crippen LogP contribution in [0, 0.1) is 13.8 Å². The quantitative estimate of drug-likeness (QED) is 0.601. The van der Waals surface area contributed by atoms with Crippen LogP contribution in [0.5, 0.6) is 0 Å². The maximum atomic E-state index is 12.0. The van der Waals surface area contributed by atoms with Crippen molar-refractivity contribution in [2.45, 2.75) is 27.7 Å². The first-order valence-corrected chi connectivity index (χ1v) is 5.71. The predicted octanol–water partition coefficient (Wildman–Crippen LogP) is 1.38. The summed E-state index contributed by atoms with van der Waals surface area (Å²) in [6, 6.07) is 0. The minimum Gasteiger partial charge on any atom is -0.462 e. The van der Waals surface area contributed by atoms with Crippen LogP contribution in [-0.2, 0) is 11.8 Å². The largest absolute Gasteiger partial charge is 0.462 e. The van der Waals surface area contributed by atoms with Crippen molar-refractivity contribution in [3.05, 3.63) is 32.7 Å². The van der Waals surface area contributed by atoms with Crippen LogP contribution in [0.25, 0.3) is 0 Å². The molecule has 98 valence electrons. The van der Waals surface area contributed by atoms with Crippen LogP contribution in [0.2, 0.25) is 0 Å². The predicted molar refractivity (Wildman–Crippen MR) is 67.1 cm³/mol. The van der Waals surface area contributed by atoms with Gasteiger partial charge in [-0.3, -0.25) is 9.59 Å². The number of aromatic nitrogens is 1. The van der Waals surface area contributed by atoms with Crippen LogP contribution < -0.4 is 5.56 Å². The maximum Gasteiger partial charge on any atom is 0.340 e. The Morgan fingerprint density at radius 3 is 2.22 bits per heavy atom. The van der Waals surface area contributed by atoms with Gasteiger partial charge in [-0.15, -0.1) is 0 Å². The summed E-state index contributed by atoms with van der Waals surface area (Å²) in [6.45, 7) is 6.52. The lowest BCUT2D eigenvalue weighted by Crippen LogP contribution is -2.30. The number of Topliss-reactive ketones (excluding diaryl/α,β-unsaturated/α-hetero) is 1. The molecule has 0 bridgehead atoms. The smallest absolute Gasteiger partial charge is 0.340 e. The third kappa shape index (κ3) is 2.20. The van der Waals surface area contributed by atoms with Crippen LogP contribution in [0.1, 0.15) is 45.8 Å². The van der Waals surface area contributed by atoms with Crippen molar-refractivity contribution < 1.29 is 14.3 Å². The van der Waals surface area contributed by atoms with Crippen molar-refractivity contribution in [1.82, 2.24) is 4.57 Å². The number of ketones is 1. The van der Waals surface area contributed by atoms with E-state index >= 15 is 0 Å². The van der Waals surface area contributed by atoms with Crippen LogP contribution in [0.4, 0.5) is 0 Å². The Morgan fingerprint density at radius 2 is 1.78 bits per heavy atom. The monoisotopic (exact) mass is 251 g/mol. The summed E-state index contributed by atoms with van der Waals surface area (Å²) >= 11 is 0. The van der Waals surface area contributed by atoms with Gasteiger partial charge in [-0.05, 0) is 33.3 Å². The molecule has 0 N–H and O–H groups in total. The maximum absolute atomic E-state index is 12.0. The first-order valence-electron chi connectivity index (χ1n) is 5.71. The Balaban J connectivity index is 3.68. The molecule has 1 aromatic rings. The molecule has 1 rings (SSSR count). The highest BCUT2D eigenvalue weighted by Gasteiger charge is 2.23. The van der Waals surface area contributed by atoms with Crippen molar-refractivity contribution >= 4 is 11.8 Å². The van der Waals surface area contributed by atoms with E-state index in [1.165, 1.54) is 18.5 Å². The summed E-state index contributed by atoms with van der Waals surface area (Å²) in [5.41, 5.74) is 0.850. The Bertz CT molecular complexity index is 569. The van der Waals surface area contributed by atoms with E-state index in [0.29, 0.717) is 16.8 Å². The molecule has 0 aliphatic rings. The number of ether oxygens (including phenoxy) is 1. The summed E-state index contributed by atoms with van der Waals surface area (Å²) in [5, 5.41) is 0. The summed E-state index contributed by atoms with van der Waals surface area (Å²) in [7, 11) is 1.53. The standard InChI is InChI=1S/C13H17NO4/c1-6-18-13(17)10-7(2)11(9(4)15)12(16)14(5)8(10)3/h6H2,1-5H3. The van der Waals surface area contributed by atoms with Crippen molar-refractivity contribution in [2.75, 3.05) is 6.61 Å². The molecule has 0 aliphatic heterocycles. The second-order valence-corrected chi connectivity index (χ2v) is 4.10. The molecule has 1 heterocycles. The number of nitrogens with zero attached hydrogens (tertiary/aromatic N) is 1. The summed E-state index contributed by atoms with van der Waals surface area (Å²) in [4.78, 5) is 35.4. The minimum absolute atomic E-state index is 0.0474. The van der Waals surface area contributed by atoms with Gasteiger partial charge in [0, 0.05) is 12.7 Å². The fourth-order valence-corrected chi connectivity index (χ4v) is 1.96. The summed E-state index contributed by atoms with van der Waals surface area (Å²) in [5.74, 6) is -0.857. The number of hydrogen-bond acceptors (Lipinski definition) is 4. The van der Waals surface area contributed by atoms with Crippen molar-refractivity contribution in [3.63, 3.8) is 0 Å². The van der Waals surface area contributed by atoms with E-state index in [2.05, 4.69) is 0 Å². The third-order valence-corrected chi connectivity index (χ3v) is 2.97. The molecule has 0 saturated heterocycles. The van der Waals surface area contributed by atoms with Gasteiger partial charge in [0.05, 0.1) is 17.7 Å². The normalized spacial score (nSPS) is 10.3. The van der Waals surface area contributed by atoms with Gasteiger partial charge in [0.1, 0.15) is 0 Å². The molecule has 1 aromatic heterocycles. The Kier molecular flexibility index (Phi) is 4.06. The van der Waals surface area contributed by atoms with E-state index in [4.69, 9.17) is 4.74 Å². The SMILES string of the molecule is CCOC(=O)c1c(C)c(C(C)=O)c(=O)n(C)c1C. The molecule has 0 aliphatic carbocycles. The first kappa shape index (κ1) is 14.2. The molecule has 0 saturated carbocycles. The first-order chi connectivity index (χ1) is 8.32. The average Bonchev–Trinajstić information content (AvgIpc) is 2.26. The molecule has 0 radical (unpaired) electrons. The minimum atomic E-state index is -0.509. The van der Waals surface area contributed by atoms with Gasteiger partial charge in [0.2, 0.25) is 0 Å². The van der Waals surface area contributed by atoms with Gasteiger partial charge in [-0.2, -0.15) is 0 Å². The highest BCUT2D eigenvalue weighted by Crippen LogP contribution is 2.16. The van der Waals surface area contributed by atoms with E-state index in [-0.39, 0.29) is 23.5 Å². The molecule has 18 heavy (non-hydrogen) atoms. The Labute approximate surface area is 105 Å². The number of pyridine rings is 1. The second kappa shape index (κ2) is 5.16. The number of esters is 1. The van der Waals surface area contributed by atoms with E-state index in [1.807, 2.05) is 0 Å². The molecule has 5 nitrogen and oxygen atoms in total. The van der Waals surface area contributed by atoms with Gasteiger partial charge in [0.15, 0.2) is 5.78 Å². The lowest BCUT2D eigenvalue weighted by molar-refractivity contribution is 0.0523. The van der Waals surface area contributed by atoms with Crippen LogP contribution in [0.15, 0.2) is 4.79 Å². The lowest BCUT2D eigenvalue weighted by Gasteiger charge is -2.15. The zero-order valence-electron chi connectivity index (χ0n) is 11.3. The number of carbonyl (C=O) groups excluding carboxylic acids is 2. The molecule has 0 amide bonds. The highest BCUT2D eigenvalue weighted by atomic mass is 16.5. The van der Waals surface area contributed by atoms with Gasteiger partial charge in [-0.25, -0.2) is 4.79 Å². The number of rotatable bonds is 3. The fourth-order valence-electron chi connectivity index (χ4n) is 1.96. The van der Waals surface area contributed by atoms with Crippen molar-refractivity contribution in [2.24, 2.45) is 7.05 Å². The van der Waals surface area contributed by atoms with Gasteiger partial charge < -0.3 is 9.30 Å². The Hall–Kier alpha value is -1.91. The lowest BCUT2D eigenvalue weighted by atomic mass is 10.00. The highest BCUT2D eigenvalue weighted by molar-refractivity contribution is 6.00. The van der Waals surface area contributed by atoms with Gasteiger partial charge in [0.25, 0.3) is 5.56 Å². The summed E-state index contributed by atoms with van der Waals surface area (Å²) < 4.78 is 6.26. The topological polar surface area (TPSA) is 65.4 Å². The zero-order chi connectivity index (χ0) is 14.0. The molecule has 5 heteroatoms. The molecule has 0 fully saturated rings. The molecule has 0 atom stereocenters. The van der Waals surface area contributed by atoms with Crippen molar-refractivity contribution in [1.29, 1.82) is 0 Å². The third-order valence-electron chi connectivity index (χ3n) is 2.97. The van der Waals surface area contributed by atoms with Crippen molar-refractivity contribution in [3.8, 4) is 0 Å². The molecular formula is C13H17NO4. The van der Waals surface area contributed by atoms with Crippen LogP contribution in [0.3, 0.4) is 0 Å². The molecule has 0 unspecified atom stereocenters. The molecule has 0 aromatic carbocycles.